The lowest BCUT2D eigenvalue weighted by Crippen LogP contribution is -2.16. The van der Waals surface area contributed by atoms with E-state index in [1.807, 2.05) is 32.0 Å². The Kier molecular flexibility index (Phi) is 5.43. The Morgan fingerprint density at radius 2 is 2.00 bits per heavy atom. The Bertz CT molecular complexity index is 896. The van der Waals surface area contributed by atoms with Gasteiger partial charge in [-0.2, -0.15) is 0 Å². The van der Waals surface area contributed by atoms with Crippen molar-refractivity contribution in [2.75, 3.05) is 12.4 Å². The summed E-state index contributed by atoms with van der Waals surface area (Å²) in [6, 6.07) is 10.7. The first kappa shape index (κ1) is 17.8. The minimum absolute atomic E-state index is 0.102. The van der Waals surface area contributed by atoms with Crippen LogP contribution in [0.4, 0.5) is 5.13 Å². The number of anilines is 1. The van der Waals surface area contributed by atoms with Crippen LogP contribution in [-0.4, -0.2) is 34.3 Å². The molecule has 1 amide bonds. The van der Waals surface area contributed by atoms with E-state index in [9.17, 15) is 4.79 Å². The number of rotatable bonds is 6. The van der Waals surface area contributed by atoms with Crippen LogP contribution in [0.3, 0.4) is 0 Å². The van der Waals surface area contributed by atoms with Crippen molar-refractivity contribution in [1.29, 1.82) is 0 Å². The molecule has 1 N–H and O–H groups in total. The maximum Gasteiger partial charge on any atom is 0.261 e. The van der Waals surface area contributed by atoms with E-state index in [0.29, 0.717) is 32.9 Å². The van der Waals surface area contributed by atoms with Gasteiger partial charge >= 0.3 is 0 Å². The molecule has 0 atom stereocenters. The fraction of sp³-hybridized carbons (Fsp3) is 0.222. The van der Waals surface area contributed by atoms with Gasteiger partial charge in [-0.25, -0.2) is 0 Å². The molecule has 0 aliphatic carbocycles. The number of pyridine rings is 1. The van der Waals surface area contributed by atoms with Gasteiger partial charge in [-0.3, -0.25) is 15.1 Å². The fourth-order valence-electron chi connectivity index (χ4n) is 2.24. The molecule has 3 rings (SSSR count). The van der Waals surface area contributed by atoms with E-state index in [0.717, 1.165) is 0 Å². The van der Waals surface area contributed by atoms with Crippen LogP contribution in [-0.2, 0) is 0 Å². The number of amides is 1. The topological polar surface area (TPSA) is 86.2 Å². The summed E-state index contributed by atoms with van der Waals surface area (Å²) in [5.74, 6) is 0.554. The highest BCUT2D eigenvalue weighted by Gasteiger charge is 2.19. The Morgan fingerprint density at radius 3 is 2.69 bits per heavy atom. The number of benzene rings is 1. The van der Waals surface area contributed by atoms with Gasteiger partial charge in [0.25, 0.3) is 5.91 Å². The maximum atomic E-state index is 12.7. The number of aromatic nitrogens is 3. The number of hydrogen-bond acceptors (Lipinski definition) is 7. The standard InChI is InChI=1S/C18H18N4O3S/c1-11(2)25-15-12(7-6-9-14(15)24-3)16(23)20-18-22-21-17(26-18)13-8-4-5-10-19-13/h4-11H,1-3H3,(H,20,22,23). The third-order valence-corrected chi connectivity index (χ3v) is 4.19. The fourth-order valence-corrected chi connectivity index (χ4v) is 2.96. The smallest absolute Gasteiger partial charge is 0.261 e. The lowest BCUT2D eigenvalue weighted by atomic mass is 10.1. The Labute approximate surface area is 155 Å². The molecule has 2 heterocycles. The molecule has 7 nitrogen and oxygen atoms in total. The molecule has 0 radical (unpaired) electrons. The minimum atomic E-state index is -0.344. The highest BCUT2D eigenvalue weighted by molar-refractivity contribution is 7.18. The summed E-state index contributed by atoms with van der Waals surface area (Å²) in [7, 11) is 1.54. The molecule has 0 saturated carbocycles. The van der Waals surface area contributed by atoms with Crippen molar-refractivity contribution in [1.82, 2.24) is 15.2 Å². The van der Waals surface area contributed by atoms with Crippen molar-refractivity contribution >= 4 is 22.4 Å². The SMILES string of the molecule is COc1cccc(C(=O)Nc2nnc(-c3ccccn3)s2)c1OC(C)C. The van der Waals surface area contributed by atoms with Crippen molar-refractivity contribution in [3.8, 4) is 22.2 Å². The van der Waals surface area contributed by atoms with Gasteiger partial charge in [0, 0.05) is 6.20 Å². The molecule has 8 heteroatoms. The van der Waals surface area contributed by atoms with Gasteiger partial charge in [0.2, 0.25) is 5.13 Å². The Morgan fingerprint density at radius 1 is 1.15 bits per heavy atom. The summed E-state index contributed by atoms with van der Waals surface area (Å²) in [5.41, 5.74) is 1.07. The molecule has 0 unspecified atom stereocenters. The normalized spacial score (nSPS) is 10.6. The van der Waals surface area contributed by atoms with Crippen molar-refractivity contribution < 1.29 is 14.3 Å². The molecule has 0 spiro atoms. The van der Waals surface area contributed by atoms with E-state index in [1.54, 1.807) is 24.4 Å². The van der Waals surface area contributed by atoms with Crippen LogP contribution in [0.5, 0.6) is 11.5 Å². The van der Waals surface area contributed by atoms with Crippen LogP contribution in [0.2, 0.25) is 0 Å². The summed E-state index contributed by atoms with van der Waals surface area (Å²) in [5, 5.41) is 11.9. The van der Waals surface area contributed by atoms with Crippen molar-refractivity contribution in [2.45, 2.75) is 20.0 Å². The van der Waals surface area contributed by atoms with Crippen LogP contribution in [0.1, 0.15) is 24.2 Å². The molecule has 0 bridgehead atoms. The molecule has 134 valence electrons. The van der Waals surface area contributed by atoms with E-state index in [4.69, 9.17) is 9.47 Å². The van der Waals surface area contributed by atoms with Gasteiger partial charge in [-0.15, -0.1) is 10.2 Å². The third-order valence-electron chi connectivity index (χ3n) is 3.33. The highest BCUT2D eigenvalue weighted by Crippen LogP contribution is 2.33. The number of carbonyl (C=O) groups excluding carboxylic acids is 1. The van der Waals surface area contributed by atoms with Crippen LogP contribution in [0.25, 0.3) is 10.7 Å². The lowest BCUT2D eigenvalue weighted by molar-refractivity contribution is 0.102. The van der Waals surface area contributed by atoms with Crippen LogP contribution in [0.15, 0.2) is 42.6 Å². The van der Waals surface area contributed by atoms with Gasteiger partial charge < -0.3 is 9.47 Å². The monoisotopic (exact) mass is 370 g/mol. The summed E-state index contributed by atoms with van der Waals surface area (Å²) in [6.07, 6.45) is 1.58. The molecule has 0 fully saturated rings. The predicted molar refractivity (Wildman–Crippen MR) is 99.9 cm³/mol. The van der Waals surface area contributed by atoms with Gasteiger partial charge in [0.15, 0.2) is 16.5 Å². The average Bonchev–Trinajstić information content (AvgIpc) is 3.10. The van der Waals surface area contributed by atoms with Crippen LogP contribution in [0, 0.1) is 0 Å². The van der Waals surface area contributed by atoms with E-state index in [-0.39, 0.29) is 12.0 Å². The highest BCUT2D eigenvalue weighted by atomic mass is 32.1. The second kappa shape index (κ2) is 7.92. The van der Waals surface area contributed by atoms with Gasteiger partial charge in [-0.1, -0.05) is 23.5 Å². The summed E-state index contributed by atoms with van der Waals surface area (Å²) >= 11 is 1.25. The Balaban J connectivity index is 1.84. The number of carbonyl (C=O) groups is 1. The summed E-state index contributed by atoms with van der Waals surface area (Å²) < 4.78 is 11.1. The first-order valence-electron chi connectivity index (χ1n) is 7.98. The minimum Gasteiger partial charge on any atom is -0.493 e. The van der Waals surface area contributed by atoms with Gasteiger partial charge in [0.05, 0.1) is 18.8 Å². The second-order valence-electron chi connectivity index (χ2n) is 5.59. The lowest BCUT2D eigenvalue weighted by Gasteiger charge is -2.16. The van der Waals surface area contributed by atoms with E-state index in [2.05, 4.69) is 20.5 Å². The molecule has 0 aliphatic rings. The number of nitrogens with one attached hydrogen (secondary N) is 1. The zero-order valence-electron chi connectivity index (χ0n) is 14.6. The van der Waals surface area contributed by atoms with Gasteiger partial charge in [0.1, 0.15) is 5.69 Å². The van der Waals surface area contributed by atoms with Crippen molar-refractivity contribution in [3.05, 3.63) is 48.2 Å². The molecule has 26 heavy (non-hydrogen) atoms. The van der Waals surface area contributed by atoms with E-state index < -0.39 is 0 Å². The molecule has 3 aromatic rings. The predicted octanol–water partition coefficient (Wildman–Crippen LogP) is 3.65. The zero-order valence-corrected chi connectivity index (χ0v) is 15.4. The number of nitrogens with zero attached hydrogens (tertiary/aromatic N) is 3. The van der Waals surface area contributed by atoms with Gasteiger partial charge in [-0.05, 0) is 38.1 Å². The quantitative estimate of drug-likeness (QED) is 0.713. The molecule has 0 aliphatic heterocycles. The van der Waals surface area contributed by atoms with Crippen molar-refractivity contribution in [2.24, 2.45) is 0 Å². The maximum absolute atomic E-state index is 12.7. The second-order valence-corrected chi connectivity index (χ2v) is 6.56. The van der Waals surface area contributed by atoms with E-state index in [1.165, 1.54) is 18.4 Å². The molecular formula is C18H18N4O3S. The molecule has 2 aromatic heterocycles. The first-order chi connectivity index (χ1) is 12.6. The van der Waals surface area contributed by atoms with Crippen molar-refractivity contribution in [3.63, 3.8) is 0 Å². The average molecular weight is 370 g/mol. The zero-order chi connectivity index (χ0) is 18.5. The first-order valence-corrected chi connectivity index (χ1v) is 8.80. The number of ether oxygens (including phenoxy) is 2. The third kappa shape index (κ3) is 3.97. The van der Waals surface area contributed by atoms with Crippen LogP contribution >= 0.6 is 11.3 Å². The van der Waals surface area contributed by atoms with E-state index >= 15 is 0 Å². The van der Waals surface area contributed by atoms with Crippen LogP contribution < -0.4 is 14.8 Å². The number of hydrogen-bond donors (Lipinski definition) is 1. The largest absolute Gasteiger partial charge is 0.493 e. The summed E-state index contributed by atoms with van der Waals surface area (Å²) in [4.78, 5) is 16.9. The Hall–Kier alpha value is -3.00. The number of methoxy groups -OCH3 is 1. The summed E-state index contributed by atoms with van der Waals surface area (Å²) in [6.45, 7) is 3.77. The molecular weight excluding hydrogens is 352 g/mol. The molecule has 0 saturated heterocycles. The molecule has 1 aromatic carbocycles. The number of para-hydroxylation sites is 1.